The minimum absolute atomic E-state index is 0.0448. The van der Waals surface area contributed by atoms with E-state index < -0.39 is 17.6 Å². The van der Waals surface area contributed by atoms with Crippen LogP contribution in [0.1, 0.15) is 29.7 Å². The Morgan fingerprint density at radius 2 is 2.00 bits per heavy atom. The number of alkyl halides is 3. The first-order valence-corrected chi connectivity index (χ1v) is 10.2. The van der Waals surface area contributed by atoms with Crippen LogP contribution in [0.4, 0.5) is 22.7 Å². The lowest BCUT2D eigenvalue weighted by Crippen LogP contribution is -2.38. The molecule has 1 aliphatic rings. The molecule has 1 aromatic heterocycles. The molecular formula is C19H23F4N5S. The van der Waals surface area contributed by atoms with Crippen LogP contribution in [0.5, 0.6) is 0 Å². The molecule has 2 N–H and O–H groups in total. The zero-order valence-corrected chi connectivity index (χ0v) is 16.8. The molecule has 1 saturated heterocycles. The predicted molar refractivity (Wildman–Crippen MR) is 107 cm³/mol. The van der Waals surface area contributed by atoms with E-state index in [9.17, 15) is 17.6 Å². The smallest absolute Gasteiger partial charge is 0.356 e. The van der Waals surface area contributed by atoms with Crippen molar-refractivity contribution in [3.8, 4) is 0 Å². The largest absolute Gasteiger partial charge is 0.416 e. The molecule has 0 spiro atoms. The lowest BCUT2D eigenvalue weighted by atomic mass is 10.1. The number of rotatable bonds is 6. The number of halogens is 4. The minimum Gasteiger partial charge on any atom is -0.356 e. The summed E-state index contributed by atoms with van der Waals surface area (Å²) < 4.78 is 52.5. The van der Waals surface area contributed by atoms with Crippen LogP contribution < -0.4 is 15.5 Å². The van der Waals surface area contributed by atoms with Gasteiger partial charge in [0.2, 0.25) is 0 Å². The standard InChI is InChI=1S/C19H23F4N5S/c1-24-17(26-11-13-4-5-14(20)10-16(13)19(21,22)23)25-7-6-15-12-29-18(27-15)28-8-2-3-9-28/h4-5,10,12H,2-3,6-9,11H2,1H3,(H2,24,25,26). The summed E-state index contributed by atoms with van der Waals surface area (Å²) in [7, 11) is 1.54. The second-order valence-corrected chi connectivity index (χ2v) is 7.55. The van der Waals surface area contributed by atoms with Crippen molar-refractivity contribution >= 4 is 22.4 Å². The van der Waals surface area contributed by atoms with Crippen LogP contribution in [0.15, 0.2) is 28.6 Å². The molecule has 2 heterocycles. The summed E-state index contributed by atoms with van der Waals surface area (Å²) in [5.41, 5.74) is -0.0632. The van der Waals surface area contributed by atoms with Crippen molar-refractivity contribution in [3.63, 3.8) is 0 Å². The van der Waals surface area contributed by atoms with Gasteiger partial charge in [0, 0.05) is 45.0 Å². The first-order valence-electron chi connectivity index (χ1n) is 9.36. The molecule has 5 nitrogen and oxygen atoms in total. The molecule has 29 heavy (non-hydrogen) atoms. The Morgan fingerprint density at radius 3 is 2.69 bits per heavy atom. The lowest BCUT2D eigenvalue weighted by molar-refractivity contribution is -0.138. The Hall–Kier alpha value is -2.36. The minimum atomic E-state index is -4.62. The maximum absolute atomic E-state index is 13.2. The van der Waals surface area contributed by atoms with Gasteiger partial charge in [0.1, 0.15) is 5.82 Å². The Balaban J connectivity index is 1.50. The van der Waals surface area contributed by atoms with Crippen molar-refractivity contribution in [1.82, 2.24) is 15.6 Å². The predicted octanol–water partition coefficient (Wildman–Crippen LogP) is 3.81. The van der Waals surface area contributed by atoms with Gasteiger partial charge in [-0.15, -0.1) is 11.3 Å². The average molecular weight is 429 g/mol. The summed E-state index contributed by atoms with van der Waals surface area (Å²) in [4.78, 5) is 10.9. The highest BCUT2D eigenvalue weighted by atomic mass is 32.1. The van der Waals surface area contributed by atoms with Crippen LogP contribution in [0.2, 0.25) is 0 Å². The normalized spacial score (nSPS) is 15.1. The molecule has 0 amide bonds. The first kappa shape index (κ1) is 21.4. The summed E-state index contributed by atoms with van der Waals surface area (Å²) in [5.74, 6) is -0.544. The van der Waals surface area contributed by atoms with Crippen LogP contribution in [0, 0.1) is 5.82 Å². The molecule has 0 aliphatic carbocycles. The molecule has 0 radical (unpaired) electrons. The fourth-order valence-corrected chi connectivity index (χ4v) is 4.05. The zero-order valence-electron chi connectivity index (χ0n) is 16.0. The topological polar surface area (TPSA) is 52.6 Å². The number of benzene rings is 1. The van der Waals surface area contributed by atoms with Gasteiger partial charge in [-0.1, -0.05) is 6.07 Å². The van der Waals surface area contributed by atoms with Gasteiger partial charge >= 0.3 is 6.18 Å². The van der Waals surface area contributed by atoms with E-state index in [4.69, 9.17) is 0 Å². The van der Waals surface area contributed by atoms with Crippen molar-refractivity contribution in [2.75, 3.05) is 31.6 Å². The summed E-state index contributed by atoms with van der Waals surface area (Å²) in [6.45, 7) is 2.51. The molecule has 2 aromatic rings. The molecule has 1 aromatic carbocycles. The average Bonchev–Trinajstić information content (AvgIpc) is 3.36. The third-order valence-electron chi connectivity index (χ3n) is 4.64. The summed E-state index contributed by atoms with van der Waals surface area (Å²) >= 11 is 1.63. The monoisotopic (exact) mass is 429 g/mol. The Bertz CT molecular complexity index is 843. The van der Waals surface area contributed by atoms with Crippen LogP contribution >= 0.6 is 11.3 Å². The highest BCUT2D eigenvalue weighted by Gasteiger charge is 2.33. The van der Waals surface area contributed by atoms with E-state index in [1.165, 1.54) is 12.8 Å². The number of aromatic nitrogens is 1. The third-order valence-corrected chi connectivity index (χ3v) is 5.59. The first-order chi connectivity index (χ1) is 13.9. The number of aliphatic imine (C=N–C) groups is 1. The number of hydrogen-bond acceptors (Lipinski definition) is 4. The van der Waals surface area contributed by atoms with Crippen LogP contribution in [0.3, 0.4) is 0 Å². The summed E-state index contributed by atoms with van der Waals surface area (Å²) in [6.07, 6.45) is -1.55. The van der Waals surface area contributed by atoms with Crippen LogP contribution in [-0.2, 0) is 19.1 Å². The SMILES string of the molecule is CN=C(NCCc1csc(N2CCCC2)n1)NCc1ccc(F)cc1C(F)(F)F. The van der Waals surface area contributed by atoms with E-state index in [1.54, 1.807) is 18.4 Å². The number of guanidine groups is 1. The maximum atomic E-state index is 13.2. The fourth-order valence-electron chi connectivity index (χ4n) is 3.14. The number of thiazole rings is 1. The van der Waals surface area contributed by atoms with Gasteiger partial charge in [0.05, 0.1) is 11.3 Å². The van der Waals surface area contributed by atoms with Gasteiger partial charge in [-0.25, -0.2) is 9.37 Å². The molecule has 10 heteroatoms. The second-order valence-electron chi connectivity index (χ2n) is 6.72. The van der Waals surface area contributed by atoms with Crippen molar-refractivity contribution in [2.24, 2.45) is 4.99 Å². The Labute approximate surface area is 170 Å². The van der Waals surface area contributed by atoms with E-state index in [1.807, 2.05) is 5.38 Å². The van der Waals surface area contributed by atoms with Gasteiger partial charge in [-0.3, -0.25) is 4.99 Å². The summed E-state index contributed by atoms with van der Waals surface area (Å²) in [6, 6.07) is 2.66. The third kappa shape index (κ3) is 5.81. The maximum Gasteiger partial charge on any atom is 0.416 e. The van der Waals surface area contributed by atoms with Gasteiger partial charge in [-0.05, 0) is 30.5 Å². The van der Waals surface area contributed by atoms with Crippen LogP contribution in [0.25, 0.3) is 0 Å². The van der Waals surface area contributed by atoms with E-state index in [0.29, 0.717) is 25.0 Å². The number of anilines is 1. The Kier molecular flexibility index (Phi) is 6.94. The van der Waals surface area contributed by atoms with E-state index in [2.05, 4.69) is 25.5 Å². The summed E-state index contributed by atoms with van der Waals surface area (Å²) in [5, 5.41) is 8.98. The number of nitrogens with zero attached hydrogens (tertiary/aromatic N) is 3. The molecule has 0 bridgehead atoms. The molecule has 1 fully saturated rings. The number of hydrogen-bond donors (Lipinski definition) is 2. The van der Waals surface area contributed by atoms with E-state index >= 15 is 0 Å². The van der Waals surface area contributed by atoms with Gasteiger partial charge in [-0.2, -0.15) is 13.2 Å². The molecule has 0 unspecified atom stereocenters. The van der Waals surface area contributed by atoms with Crippen molar-refractivity contribution in [1.29, 1.82) is 0 Å². The quantitative estimate of drug-likeness (QED) is 0.417. The van der Waals surface area contributed by atoms with Crippen molar-refractivity contribution in [3.05, 3.63) is 46.2 Å². The highest BCUT2D eigenvalue weighted by molar-refractivity contribution is 7.13. The Morgan fingerprint density at radius 1 is 1.24 bits per heavy atom. The van der Waals surface area contributed by atoms with E-state index in [-0.39, 0.29) is 12.1 Å². The van der Waals surface area contributed by atoms with Crippen molar-refractivity contribution in [2.45, 2.75) is 32.0 Å². The molecule has 3 rings (SSSR count). The molecular weight excluding hydrogens is 406 g/mol. The molecule has 0 saturated carbocycles. The lowest BCUT2D eigenvalue weighted by Gasteiger charge is -2.16. The van der Waals surface area contributed by atoms with Crippen molar-refractivity contribution < 1.29 is 17.6 Å². The molecule has 158 valence electrons. The van der Waals surface area contributed by atoms with Gasteiger partial charge in [0.25, 0.3) is 0 Å². The second kappa shape index (κ2) is 9.43. The number of nitrogens with one attached hydrogen (secondary N) is 2. The van der Waals surface area contributed by atoms with Gasteiger partial charge < -0.3 is 15.5 Å². The molecule has 0 atom stereocenters. The van der Waals surface area contributed by atoms with Gasteiger partial charge in [0.15, 0.2) is 11.1 Å². The zero-order chi connectivity index (χ0) is 20.9. The molecule has 1 aliphatic heterocycles. The van der Waals surface area contributed by atoms with E-state index in [0.717, 1.165) is 36.0 Å². The fraction of sp³-hybridized carbons (Fsp3) is 0.474. The van der Waals surface area contributed by atoms with Crippen LogP contribution in [-0.4, -0.2) is 37.6 Å². The highest BCUT2D eigenvalue weighted by Crippen LogP contribution is 2.32.